The molecule has 1 aliphatic rings. The molecule has 2 heteroatoms. The molecule has 2 unspecified atom stereocenters. The fourth-order valence-corrected chi connectivity index (χ4v) is 1.98. The van der Waals surface area contributed by atoms with Gasteiger partial charge in [0.2, 0.25) is 0 Å². The molecule has 2 N–H and O–H groups in total. The number of nitrogens with zero attached hydrogens (tertiary/aromatic N) is 1. The van der Waals surface area contributed by atoms with Crippen LogP contribution in [0.2, 0.25) is 0 Å². The van der Waals surface area contributed by atoms with Gasteiger partial charge < -0.3 is 10.6 Å². The van der Waals surface area contributed by atoms with Crippen molar-refractivity contribution in [3.63, 3.8) is 0 Å². The Bertz CT molecular complexity index is 145. The van der Waals surface area contributed by atoms with E-state index in [2.05, 4.69) is 25.9 Å². The van der Waals surface area contributed by atoms with Gasteiger partial charge in [-0.3, -0.25) is 0 Å². The Hall–Kier alpha value is -0.0800. The summed E-state index contributed by atoms with van der Waals surface area (Å²) in [4.78, 5) is 2.23. The molecule has 2 atom stereocenters. The van der Waals surface area contributed by atoms with Gasteiger partial charge in [-0.2, -0.15) is 0 Å². The molecule has 0 aromatic carbocycles. The predicted molar refractivity (Wildman–Crippen MR) is 53.1 cm³/mol. The second-order valence-corrected chi connectivity index (χ2v) is 4.45. The lowest BCUT2D eigenvalue weighted by Crippen LogP contribution is -2.26. The Balaban J connectivity index is 2.08. The quantitative estimate of drug-likeness (QED) is 0.677. The third-order valence-corrected chi connectivity index (χ3v) is 3.02. The van der Waals surface area contributed by atoms with Gasteiger partial charge in [0, 0.05) is 5.54 Å². The van der Waals surface area contributed by atoms with Gasteiger partial charge in [-0.15, -0.1) is 0 Å². The molecule has 0 heterocycles. The zero-order chi connectivity index (χ0) is 9.19. The van der Waals surface area contributed by atoms with Crippen LogP contribution in [0.15, 0.2) is 0 Å². The first-order valence-electron chi connectivity index (χ1n) is 5.02. The normalized spacial score (nSPS) is 34.2. The van der Waals surface area contributed by atoms with E-state index in [-0.39, 0.29) is 5.54 Å². The molecule has 12 heavy (non-hydrogen) atoms. The van der Waals surface area contributed by atoms with Crippen molar-refractivity contribution >= 4 is 0 Å². The van der Waals surface area contributed by atoms with E-state index in [4.69, 9.17) is 5.73 Å². The van der Waals surface area contributed by atoms with E-state index in [1.54, 1.807) is 0 Å². The summed E-state index contributed by atoms with van der Waals surface area (Å²) in [6.45, 7) is 3.42. The summed E-state index contributed by atoms with van der Waals surface area (Å²) in [6, 6.07) is 0. The van der Waals surface area contributed by atoms with Gasteiger partial charge in [-0.25, -0.2) is 0 Å². The molecular formula is C10H22N2. The Labute approximate surface area is 76.1 Å². The molecule has 1 saturated carbocycles. The highest BCUT2D eigenvalue weighted by molar-refractivity contribution is 5.06. The van der Waals surface area contributed by atoms with Crippen LogP contribution in [0.5, 0.6) is 0 Å². The lowest BCUT2D eigenvalue weighted by atomic mass is 10.1. The zero-order valence-electron chi connectivity index (χ0n) is 8.64. The molecule has 1 aliphatic carbocycles. The molecule has 72 valence electrons. The minimum absolute atomic E-state index is 0.227. The maximum atomic E-state index is 6.17. The van der Waals surface area contributed by atoms with E-state index in [1.807, 2.05) is 0 Å². The summed E-state index contributed by atoms with van der Waals surface area (Å²) in [5.74, 6) is 0.819. The lowest BCUT2D eigenvalue weighted by molar-refractivity contribution is 0.376. The van der Waals surface area contributed by atoms with Crippen molar-refractivity contribution in [1.82, 2.24) is 4.90 Å². The van der Waals surface area contributed by atoms with Gasteiger partial charge in [-0.1, -0.05) is 13.3 Å². The van der Waals surface area contributed by atoms with Gasteiger partial charge in [-0.05, 0) is 45.8 Å². The van der Waals surface area contributed by atoms with Crippen LogP contribution in [0, 0.1) is 5.92 Å². The van der Waals surface area contributed by atoms with Crippen molar-refractivity contribution in [2.75, 3.05) is 20.6 Å². The fourth-order valence-electron chi connectivity index (χ4n) is 1.98. The van der Waals surface area contributed by atoms with Gasteiger partial charge >= 0.3 is 0 Å². The third kappa shape index (κ3) is 2.46. The molecule has 0 aliphatic heterocycles. The van der Waals surface area contributed by atoms with Crippen molar-refractivity contribution in [1.29, 1.82) is 0 Å². The van der Waals surface area contributed by atoms with E-state index in [9.17, 15) is 0 Å². The van der Waals surface area contributed by atoms with Gasteiger partial charge in [0.15, 0.2) is 0 Å². The van der Waals surface area contributed by atoms with E-state index in [0.717, 1.165) is 5.92 Å². The predicted octanol–water partition coefficient (Wildman–Crippen LogP) is 1.46. The summed E-state index contributed by atoms with van der Waals surface area (Å²) in [7, 11) is 4.24. The molecule has 0 spiro atoms. The molecule has 1 rings (SSSR count). The Morgan fingerprint density at radius 2 is 2.17 bits per heavy atom. The highest BCUT2D eigenvalue weighted by Crippen LogP contribution is 2.46. The van der Waals surface area contributed by atoms with Crippen molar-refractivity contribution in [2.45, 2.75) is 38.1 Å². The lowest BCUT2D eigenvalue weighted by Gasteiger charge is -2.13. The van der Waals surface area contributed by atoms with Crippen LogP contribution < -0.4 is 5.73 Å². The maximum Gasteiger partial charge on any atom is 0.0187 e. The van der Waals surface area contributed by atoms with Crippen molar-refractivity contribution in [2.24, 2.45) is 11.7 Å². The minimum Gasteiger partial charge on any atom is -0.325 e. The van der Waals surface area contributed by atoms with Crippen LogP contribution in [0.25, 0.3) is 0 Å². The molecule has 0 saturated heterocycles. The highest BCUT2D eigenvalue weighted by atomic mass is 15.0. The Morgan fingerprint density at radius 1 is 1.50 bits per heavy atom. The summed E-state index contributed by atoms with van der Waals surface area (Å²) >= 11 is 0. The fraction of sp³-hybridized carbons (Fsp3) is 1.00. The first-order chi connectivity index (χ1) is 5.58. The van der Waals surface area contributed by atoms with Crippen molar-refractivity contribution in [3.05, 3.63) is 0 Å². The second kappa shape index (κ2) is 3.75. The molecule has 0 bridgehead atoms. The summed E-state index contributed by atoms with van der Waals surface area (Å²) in [5.41, 5.74) is 6.40. The zero-order valence-corrected chi connectivity index (χ0v) is 8.64. The summed E-state index contributed by atoms with van der Waals surface area (Å²) in [6.07, 6.45) is 4.99. The molecule has 0 amide bonds. The first-order valence-corrected chi connectivity index (χ1v) is 5.02. The summed E-state index contributed by atoms with van der Waals surface area (Å²) in [5, 5.41) is 0. The molecule has 0 aromatic rings. The van der Waals surface area contributed by atoms with Crippen LogP contribution >= 0.6 is 0 Å². The molecular weight excluding hydrogens is 148 g/mol. The monoisotopic (exact) mass is 170 g/mol. The topological polar surface area (TPSA) is 29.3 Å². The van der Waals surface area contributed by atoms with E-state index in [1.165, 1.54) is 32.2 Å². The molecule has 1 fully saturated rings. The van der Waals surface area contributed by atoms with Crippen LogP contribution in [0.1, 0.15) is 32.6 Å². The Morgan fingerprint density at radius 3 is 2.58 bits per heavy atom. The average molecular weight is 170 g/mol. The second-order valence-electron chi connectivity index (χ2n) is 4.45. The molecule has 0 aromatic heterocycles. The van der Waals surface area contributed by atoms with Gasteiger partial charge in [0.25, 0.3) is 0 Å². The maximum absolute atomic E-state index is 6.17. The van der Waals surface area contributed by atoms with Gasteiger partial charge in [0.05, 0.1) is 0 Å². The van der Waals surface area contributed by atoms with Crippen molar-refractivity contribution < 1.29 is 0 Å². The van der Waals surface area contributed by atoms with Crippen molar-refractivity contribution in [3.8, 4) is 0 Å². The number of hydrogen-bond acceptors (Lipinski definition) is 2. The summed E-state index contributed by atoms with van der Waals surface area (Å²) < 4.78 is 0. The first kappa shape index (κ1) is 10.0. The SMILES string of the molecule is CCC1CC1(N)CCCN(C)C. The standard InChI is InChI=1S/C10H22N2/c1-4-9-8-10(9,11)6-5-7-12(2)3/h9H,4-8,11H2,1-3H3. The largest absolute Gasteiger partial charge is 0.325 e. The molecule has 2 nitrogen and oxygen atoms in total. The van der Waals surface area contributed by atoms with Crippen LogP contribution in [-0.2, 0) is 0 Å². The smallest absolute Gasteiger partial charge is 0.0187 e. The number of rotatable bonds is 5. The van der Waals surface area contributed by atoms with Gasteiger partial charge in [0.1, 0.15) is 0 Å². The highest BCUT2D eigenvalue weighted by Gasteiger charge is 2.48. The minimum atomic E-state index is 0.227. The number of nitrogens with two attached hydrogens (primary N) is 1. The third-order valence-electron chi connectivity index (χ3n) is 3.02. The van der Waals surface area contributed by atoms with E-state index < -0.39 is 0 Å². The van der Waals surface area contributed by atoms with Crippen LogP contribution in [-0.4, -0.2) is 31.1 Å². The van der Waals surface area contributed by atoms with Crippen LogP contribution in [0.3, 0.4) is 0 Å². The Kier molecular flexibility index (Phi) is 3.13. The van der Waals surface area contributed by atoms with E-state index in [0.29, 0.717) is 0 Å². The van der Waals surface area contributed by atoms with E-state index >= 15 is 0 Å². The number of hydrogen-bond donors (Lipinski definition) is 1. The molecule has 0 radical (unpaired) electrons. The average Bonchev–Trinajstić information content (AvgIpc) is 2.61. The van der Waals surface area contributed by atoms with Crippen LogP contribution in [0.4, 0.5) is 0 Å².